The van der Waals surface area contributed by atoms with Crippen molar-refractivity contribution in [3.63, 3.8) is 0 Å². The van der Waals surface area contributed by atoms with Crippen LogP contribution in [0.3, 0.4) is 0 Å². The van der Waals surface area contributed by atoms with E-state index in [0.717, 1.165) is 27.9 Å². The second-order valence-electron chi connectivity index (χ2n) is 5.55. The maximum absolute atomic E-state index is 5.40. The summed E-state index contributed by atoms with van der Waals surface area (Å²) >= 11 is 1.67. The number of aryl methyl sites for hydroxylation is 1. The van der Waals surface area contributed by atoms with Gasteiger partial charge in [-0.05, 0) is 36.8 Å². The van der Waals surface area contributed by atoms with E-state index < -0.39 is 0 Å². The van der Waals surface area contributed by atoms with Gasteiger partial charge in [-0.3, -0.25) is 4.98 Å². The van der Waals surface area contributed by atoms with E-state index in [9.17, 15) is 0 Å². The molecule has 6 heteroatoms. The molecule has 3 heterocycles. The number of fused-ring (bicyclic) bond motifs is 1. The van der Waals surface area contributed by atoms with Crippen LogP contribution in [-0.2, 0) is 12.3 Å². The van der Waals surface area contributed by atoms with Crippen LogP contribution in [0.15, 0.2) is 64.6 Å². The highest BCUT2D eigenvalue weighted by Crippen LogP contribution is 2.26. The van der Waals surface area contributed by atoms with Crippen molar-refractivity contribution in [2.45, 2.75) is 24.4 Å². The van der Waals surface area contributed by atoms with Crippen LogP contribution in [0.25, 0.3) is 10.9 Å². The van der Waals surface area contributed by atoms with Gasteiger partial charge in [0.2, 0.25) is 0 Å². The van der Waals surface area contributed by atoms with E-state index in [-0.39, 0.29) is 0 Å². The molecule has 4 aromatic rings. The Morgan fingerprint density at radius 3 is 2.96 bits per heavy atom. The molecule has 0 amide bonds. The van der Waals surface area contributed by atoms with E-state index in [1.54, 1.807) is 24.4 Å². The van der Waals surface area contributed by atoms with Crippen LogP contribution in [0.5, 0.6) is 0 Å². The summed E-state index contributed by atoms with van der Waals surface area (Å²) in [6.07, 6.45) is 3.42. The van der Waals surface area contributed by atoms with Crippen LogP contribution < -0.4 is 0 Å². The van der Waals surface area contributed by atoms with Gasteiger partial charge in [0.05, 0.1) is 18.3 Å². The second kappa shape index (κ2) is 6.49. The highest BCUT2D eigenvalue weighted by molar-refractivity contribution is 7.98. The van der Waals surface area contributed by atoms with Crippen LogP contribution in [-0.4, -0.2) is 19.7 Å². The molecule has 0 aliphatic carbocycles. The molecule has 0 unspecified atom stereocenters. The summed E-state index contributed by atoms with van der Waals surface area (Å²) in [5.74, 6) is 1.71. The van der Waals surface area contributed by atoms with Gasteiger partial charge in [-0.2, -0.15) is 0 Å². The lowest BCUT2D eigenvalue weighted by atomic mass is 10.1. The van der Waals surface area contributed by atoms with E-state index in [0.29, 0.717) is 6.54 Å². The third-order valence-corrected chi connectivity index (χ3v) is 4.80. The highest BCUT2D eigenvalue weighted by atomic mass is 32.2. The predicted molar refractivity (Wildman–Crippen MR) is 93.9 cm³/mol. The fourth-order valence-corrected chi connectivity index (χ4v) is 3.60. The second-order valence-corrected chi connectivity index (χ2v) is 6.49. The van der Waals surface area contributed by atoms with Crippen LogP contribution in [0.2, 0.25) is 0 Å². The third kappa shape index (κ3) is 3.05. The summed E-state index contributed by atoms with van der Waals surface area (Å²) in [6.45, 7) is 2.67. The number of hydrogen-bond acceptors (Lipinski definition) is 5. The Morgan fingerprint density at radius 2 is 2.08 bits per heavy atom. The molecular weight excluding hydrogens is 320 g/mol. The largest absolute Gasteiger partial charge is 0.467 e. The smallest absolute Gasteiger partial charge is 0.191 e. The molecule has 0 saturated carbocycles. The molecule has 24 heavy (non-hydrogen) atoms. The van der Waals surface area contributed by atoms with Crippen molar-refractivity contribution in [1.29, 1.82) is 0 Å². The molecule has 0 aliphatic rings. The number of para-hydroxylation sites is 1. The zero-order valence-electron chi connectivity index (χ0n) is 13.2. The quantitative estimate of drug-likeness (QED) is 0.514. The minimum Gasteiger partial charge on any atom is -0.467 e. The summed E-state index contributed by atoms with van der Waals surface area (Å²) in [5.41, 5.74) is 3.32. The third-order valence-electron chi connectivity index (χ3n) is 3.77. The van der Waals surface area contributed by atoms with Crippen LogP contribution >= 0.6 is 11.8 Å². The lowest BCUT2D eigenvalue weighted by Gasteiger charge is -2.08. The summed E-state index contributed by atoms with van der Waals surface area (Å²) in [5, 5.41) is 10.3. The number of rotatable bonds is 5. The van der Waals surface area contributed by atoms with Crippen molar-refractivity contribution in [1.82, 2.24) is 19.7 Å². The Hall–Kier alpha value is -2.60. The van der Waals surface area contributed by atoms with Crippen LogP contribution in [0.4, 0.5) is 0 Å². The molecule has 3 aromatic heterocycles. The van der Waals surface area contributed by atoms with Gasteiger partial charge >= 0.3 is 0 Å². The Bertz CT molecular complexity index is 962. The number of aromatic nitrogens is 4. The first-order chi connectivity index (χ1) is 11.8. The molecule has 0 atom stereocenters. The number of thioether (sulfide) groups is 1. The summed E-state index contributed by atoms with van der Waals surface area (Å²) in [6, 6.07) is 14.2. The Morgan fingerprint density at radius 1 is 1.17 bits per heavy atom. The minimum atomic E-state index is 0.637. The van der Waals surface area contributed by atoms with E-state index >= 15 is 0 Å². The molecule has 120 valence electrons. The van der Waals surface area contributed by atoms with Gasteiger partial charge < -0.3 is 8.98 Å². The maximum atomic E-state index is 5.40. The van der Waals surface area contributed by atoms with Gasteiger partial charge in [0.1, 0.15) is 12.1 Å². The minimum absolute atomic E-state index is 0.637. The standard InChI is InChI=1S/C18H16N4OS/c1-13-9-14(16-6-2-3-7-17(16)20-13)11-24-18-21-19-12-22(18)10-15-5-4-8-23-15/h2-9,12H,10-11H2,1H3. The van der Waals surface area contributed by atoms with Gasteiger partial charge in [-0.25, -0.2) is 0 Å². The van der Waals surface area contributed by atoms with Gasteiger partial charge in [0.25, 0.3) is 0 Å². The lowest BCUT2D eigenvalue weighted by Crippen LogP contribution is -1.99. The summed E-state index contributed by atoms with van der Waals surface area (Å²) in [4.78, 5) is 4.59. The monoisotopic (exact) mass is 336 g/mol. The molecule has 0 aliphatic heterocycles. The lowest BCUT2D eigenvalue weighted by molar-refractivity contribution is 0.484. The zero-order chi connectivity index (χ0) is 16.4. The van der Waals surface area contributed by atoms with Crippen molar-refractivity contribution in [3.8, 4) is 0 Å². The Labute approximate surface area is 143 Å². The molecule has 0 N–H and O–H groups in total. The molecule has 0 bridgehead atoms. The average Bonchev–Trinajstić information content (AvgIpc) is 3.25. The first-order valence-corrected chi connectivity index (χ1v) is 8.66. The normalized spacial score (nSPS) is 11.2. The molecule has 0 spiro atoms. The molecule has 0 saturated heterocycles. The van der Waals surface area contributed by atoms with Crippen molar-refractivity contribution in [2.75, 3.05) is 0 Å². The SMILES string of the molecule is Cc1cc(CSc2nncn2Cc2ccco2)c2ccccc2n1. The topological polar surface area (TPSA) is 56.7 Å². The van der Waals surface area contributed by atoms with E-state index in [4.69, 9.17) is 4.42 Å². The molecule has 5 nitrogen and oxygen atoms in total. The fraction of sp³-hybridized carbons (Fsp3) is 0.167. The van der Waals surface area contributed by atoms with E-state index in [1.165, 1.54) is 10.9 Å². The van der Waals surface area contributed by atoms with Crippen molar-refractivity contribution < 1.29 is 4.42 Å². The van der Waals surface area contributed by atoms with E-state index in [1.807, 2.05) is 35.8 Å². The van der Waals surface area contributed by atoms with Crippen LogP contribution in [0.1, 0.15) is 17.0 Å². The van der Waals surface area contributed by atoms with Gasteiger partial charge in [-0.15, -0.1) is 10.2 Å². The number of furan rings is 1. The summed E-state index contributed by atoms with van der Waals surface area (Å²) in [7, 11) is 0. The molecule has 0 fully saturated rings. The number of pyridine rings is 1. The van der Waals surface area contributed by atoms with Crippen molar-refractivity contribution in [3.05, 3.63) is 72.1 Å². The number of nitrogens with zero attached hydrogens (tertiary/aromatic N) is 4. The average molecular weight is 336 g/mol. The Kier molecular flexibility index (Phi) is 4.04. The van der Waals surface area contributed by atoms with Crippen LogP contribution in [0, 0.1) is 6.92 Å². The zero-order valence-corrected chi connectivity index (χ0v) is 14.0. The predicted octanol–water partition coefficient (Wildman–Crippen LogP) is 4.07. The molecule has 4 rings (SSSR count). The number of hydrogen-bond donors (Lipinski definition) is 0. The highest BCUT2D eigenvalue weighted by Gasteiger charge is 2.10. The maximum Gasteiger partial charge on any atom is 0.191 e. The number of benzene rings is 1. The first kappa shape index (κ1) is 15.0. The van der Waals surface area contributed by atoms with Gasteiger partial charge in [0.15, 0.2) is 5.16 Å². The van der Waals surface area contributed by atoms with Gasteiger partial charge in [-0.1, -0.05) is 30.0 Å². The molecular formula is C18H16N4OS. The van der Waals surface area contributed by atoms with Gasteiger partial charge in [0, 0.05) is 16.8 Å². The van der Waals surface area contributed by atoms with Crippen molar-refractivity contribution >= 4 is 22.7 Å². The van der Waals surface area contributed by atoms with E-state index in [2.05, 4.69) is 33.4 Å². The fourth-order valence-electron chi connectivity index (χ4n) is 2.69. The summed E-state index contributed by atoms with van der Waals surface area (Å²) < 4.78 is 7.40. The van der Waals surface area contributed by atoms with Crippen molar-refractivity contribution in [2.24, 2.45) is 0 Å². The molecule has 0 radical (unpaired) electrons. The first-order valence-electron chi connectivity index (χ1n) is 7.68. The Balaban J connectivity index is 1.57. The molecule has 1 aromatic carbocycles.